The second-order valence-electron chi connectivity index (χ2n) is 5.15. The molecule has 0 atom stereocenters. The van der Waals surface area contributed by atoms with E-state index in [1.165, 1.54) is 6.08 Å². The molecule has 0 spiro atoms. The Morgan fingerprint density at radius 2 is 1.85 bits per heavy atom. The van der Waals surface area contributed by atoms with Gasteiger partial charge in [-0.2, -0.15) is 0 Å². The molecule has 5 nitrogen and oxygen atoms in total. The summed E-state index contributed by atoms with van der Waals surface area (Å²) in [7, 11) is 1.57. The molecule has 1 N–H and O–H groups in total. The Balaban J connectivity index is 2.29. The molecule has 1 amide bonds. The minimum Gasteiger partial charge on any atom is -0.497 e. The van der Waals surface area contributed by atoms with Gasteiger partial charge in [-0.05, 0) is 51.8 Å². The minimum atomic E-state index is -0.652. The molecule has 0 radical (unpaired) electrons. The van der Waals surface area contributed by atoms with Gasteiger partial charge >= 0.3 is 5.97 Å². The number of esters is 1. The predicted octanol–water partition coefficient (Wildman–Crippen LogP) is 3.96. The lowest BCUT2D eigenvalue weighted by molar-refractivity contribution is -0.138. The Hall–Kier alpha value is -2.86. The molecule has 0 unspecified atom stereocenters. The highest BCUT2D eigenvalue weighted by atomic mass is 79.9. The molecule has 6 heteroatoms. The highest BCUT2D eigenvalue weighted by molar-refractivity contribution is 9.10. The van der Waals surface area contributed by atoms with E-state index < -0.39 is 11.9 Å². The van der Waals surface area contributed by atoms with Gasteiger partial charge in [0.15, 0.2) is 0 Å². The van der Waals surface area contributed by atoms with Crippen LogP contribution in [-0.2, 0) is 9.53 Å². The van der Waals surface area contributed by atoms with Crippen LogP contribution in [0.15, 0.2) is 71.4 Å². The highest BCUT2D eigenvalue weighted by Gasteiger charge is 2.17. The normalized spacial score (nSPS) is 10.8. The fourth-order valence-electron chi connectivity index (χ4n) is 2.06. The average Bonchev–Trinajstić information content (AvgIpc) is 2.66. The number of nitrogens with one attached hydrogen (secondary N) is 1. The first-order valence-electron chi connectivity index (χ1n) is 7.74. The number of carbonyl (C=O) groups is 2. The second kappa shape index (κ2) is 9.58. The van der Waals surface area contributed by atoms with E-state index in [0.717, 1.165) is 0 Å². The van der Waals surface area contributed by atoms with Gasteiger partial charge < -0.3 is 14.8 Å². The molecular formula is C20H18BrNO4. The number of hydrogen-bond donors (Lipinski definition) is 1. The van der Waals surface area contributed by atoms with Crippen LogP contribution in [0.25, 0.3) is 6.08 Å². The lowest BCUT2D eigenvalue weighted by Crippen LogP contribution is -2.28. The first-order valence-corrected chi connectivity index (χ1v) is 8.54. The van der Waals surface area contributed by atoms with Gasteiger partial charge in [-0.1, -0.05) is 36.9 Å². The Bertz CT molecular complexity index is 828. The van der Waals surface area contributed by atoms with Gasteiger partial charge in [-0.25, -0.2) is 4.79 Å². The van der Waals surface area contributed by atoms with Crippen LogP contribution in [0.4, 0.5) is 0 Å². The van der Waals surface area contributed by atoms with Gasteiger partial charge in [0.1, 0.15) is 18.1 Å². The maximum absolute atomic E-state index is 12.5. The van der Waals surface area contributed by atoms with Crippen molar-refractivity contribution < 1.29 is 19.1 Å². The van der Waals surface area contributed by atoms with Crippen molar-refractivity contribution in [3.63, 3.8) is 0 Å². The quantitative estimate of drug-likeness (QED) is 0.422. The number of methoxy groups -OCH3 is 1. The molecule has 0 aliphatic carbocycles. The summed E-state index contributed by atoms with van der Waals surface area (Å²) < 4.78 is 10.8. The molecule has 0 saturated heterocycles. The van der Waals surface area contributed by atoms with Crippen molar-refractivity contribution in [2.75, 3.05) is 13.7 Å². The summed E-state index contributed by atoms with van der Waals surface area (Å²) in [5.41, 5.74) is 1.14. The summed E-state index contributed by atoms with van der Waals surface area (Å²) in [5.74, 6) is -0.385. The van der Waals surface area contributed by atoms with E-state index in [0.29, 0.717) is 21.3 Å². The molecule has 134 valence electrons. The standard InChI is InChI=1S/C20H18BrNO4/c1-3-12-26-20(24)18(13-14-8-10-15(25-2)11-9-14)22-19(23)16-6-4-5-7-17(16)21/h3-11,13H,1,12H2,2H3,(H,22,23)/b18-13-. The fourth-order valence-corrected chi connectivity index (χ4v) is 2.53. The van der Waals surface area contributed by atoms with Gasteiger partial charge in [0, 0.05) is 4.47 Å². The summed E-state index contributed by atoms with van der Waals surface area (Å²) in [6.07, 6.45) is 3.00. The van der Waals surface area contributed by atoms with Gasteiger partial charge in [-0.3, -0.25) is 4.79 Å². The van der Waals surface area contributed by atoms with Gasteiger partial charge in [0.25, 0.3) is 5.91 Å². The number of benzene rings is 2. The molecule has 0 saturated carbocycles. The zero-order valence-electron chi connectivity index (χ0n) is 14.2. The predicted molar refractivity (Wildman–Crippen MR) is 104 cm³/mol. The van der Waals surface area contributed by atoms with E-state index in [1.807, 2.05) is 0 Å². The van der Waals surface area contributed by atoms with Crippen molar-refractivity contribution in [1.82, 2.24) is 5.32 Å². The smallest absolute Gasteiger partial charge is 0.355 e. The number of ether oxygens (including phenoxy) is 2. The number of halogens is 1. The molecule has 2 aromatic rings. The van der Waals surface area contributed by atoms with Gasteiger partial charge in [0.05, 0.1) is 12.7 Å². The zero-order valence-corrected chi connectivity index (χ0v) is 15.8. The molecule has 2 aromatic carbocycles. The van der Waals surface area contributed by atoms with E-state index in [2.05, 4.69) is 27.8 Å². The molecule has 0 fully saturated rings. The summed E-state index contributed by atoms with van der Waals surface area (Å²) >= 11 is 3.32. The molecule has 0 aliphatic heterocycles. The summed E-state index contributed by atoms with van der Waals surface area (Å²) in [6, 6.07) is 14.0. The first-order chi connectivity index (χ1) is 12.5. The van der Waals surface area contributed by atoms with Crippen LogP contribution >= 0.6 is 15.9 Å². The highest BCUT2D eigenvalue weighted by Crippen LogP contribution is 2.17. The largest absolute Gasteiger partial charge is 0.497 e. The minimum absolute atomic E-state index is 0.0257. The topological polar surface area (TPSA) is 64.6 Å². The first kappa shape index (κ1) is 19.5. The van der Waals surface area contributed by atoms with Crippen LogP contribution in [0.5, 0.6) is 5.75 Å². The number of hydrogen-bond acceptors (Lipinski definition) is 4. The summed E-state index contributed by atoms with van der Waals surface area (Å²) in [5, 5.41) is 2.61. The average molecular weight is 416 g/mol. The second-order valence-corrected chi connectivity index (χ2v) is 6.01. The van der Waals surface area contributed by atoms with E-state index in [1.54, 1.807) is 61.7 Å². The van der Waals surface area contributed by atoms with Crippen LogP contribution < -0.4 is 10.1 Å². The number of carbonyl (C=O) groups excluding carboxylic acids is 2. The van der Waals surface area contributed by atoms with Crippen LogP contribution in [0, 0.1) is 0 Å². The van der Waals surface area contributed by atoms with Crippen LogP contribution in [0.2, 0.25) is 0 Å². The maximum atomic E-state index is 12.5. The van der Waals surface area contributed by atoms with Crippen molar-refractivity contribution in [1.29, 1.82) is 0 Å². The van der Waals surface area contributed by atoms with Crippen molar-refractivity contribution >= 4 is 33.9 Å². The molecule has 26 heavy (non-hydrogen) atoms. The molecule has 0 aromatic heterocycles. The lowest BCUT2D eigenvalue weighted by Gasteiger charge is -2.10. The van der Waals surface area contributed by atoms with E-state index in [4.69, 9.17) is 9.47 Å². The Morgan fingerprint density at radius 1 is 1.15 bits per heavy atom. The molecule has 0 heterocycles. The molecule has 2 rings (SSSR count). The summed E-state index contributed by atoms with van der Waals surface area (Å²) in [4.78, 5) is 24.8. The van der Waals surface area contributed by atoms with Crippen molar-refractivity contribution in [2.24, 2.45) is 0 Å². The number of amides is 1. The van der Waals surface area contributed by atoms with E-state index in [9.17, 15) is 9.59 Å². The third kappa shape index (κ3) is 5.32. The van der Waals surface area contributed by atoms with Gasteiger partial charge in [0.2, 0.25) is 0 Å². The molecular weight excluding hydrogens is 398 g/mol. The molecule has 0 bridgehead atoms. The number of rotatable bonds is 7. The molecule has 0 aliphatic rings. The van der Waals surface area contributed by atoms with Crippen LogP contribution in [0.3, 0.4) is 0 Å². The maximum Gasteiger partial charge on any atom is 0.355 e. The van der Waals surface area contributed by atoms with Crippen molar-refractivity contribution in [3.05, 3.63) is 82.5 Å². The Labute approximate surface area is 160 Å². The summed E-state index contributed by atoms with van der Waals surface area (Å²) in [6.45, 7) is 3.56. The Kier molecular flexibility index (Phi) is 7.17. The van der Waals surface area contributed by atoms with Crippen LogP contribution in [0.1, 0.15) is 15.9 Å². The Morgan fingerprint density at radius 3 is 2.46 bits per heavy atom. The lowest BCUT2D eigenvalue weighted by atomic mass is 10.1. The SMILES string of the molecule is C=CCOC(=O)/C(=C/c1ccc(OC)cc1)NC(=O)c1ccccc1Br. The zero-order chi connectivity index (χ0) is 18.9. The third-order valence-corrected chi connectivity index (χ3v) is 4.04. The van der Waals surface area contributed by atoms with Crippen molar-refractivity contribution in [2.45, 2.75) is 0 Å². The van der Waals surface area contributed by atoms with Crippen LogP contribution in [-0.4, -0.2) is 25.6 Å². The van der Waals surface area contributed by atoms with E-state index in [-0.39, 0.29) is 12.3 Å². The third-order valence-electron chi connectivity index (χ3n) is 3.35. The van der Waals surface area contributed by atoms with E-state index >= 15 is 0 Å². The fraction of sp³-hybridized carbons (Fsp3) is 0.100. The monoisotopic (exact) mass is 415 g/mol. The van der Waals surface area contributed by atoms with Crippen molar-refractivity contribution in [3.8, 4) is 5.75 Å². The van der Waals surface area contributed by atoms with Gasteiger partial charge in [-0.15, -0.1) is 0 Å².